The maximum Gasteiger partial charge on any atom is 0.251 e. The number of amides is 3. The Bertz CT molecular complexity index is 878. The van der Waals surface area contributed by atoms with Gasteiger partial charge in [-0.3, -0.25) is 14.4 Å². The van der Waals surface area contributed by atoms with Crippen molar-refractivity contribution in [3.05, 3.63) is 59.5 Å². The van der Waals surface area contributed by atoms with Crippen molar-refractivity contribution in [2.45, 2.75) is 52.7 Å². The second-order valence-electron chi connectivity index (χ2n) is 8.71. The predicted octanol–water partition coefficient (Wildman–Crippen LogP) is 2.86. The van der Waals surface area contributed by atoms with Crippen LogP contribution < -0.4 is 10.6 Å². The van der Waals surface area contributed by atoms with Gasteiger partial charge in [-0.15, -0.1) is 0 Å². The van der Waals surface area contributed by atoms with Crippen molar-refractivity contribution >= 4 is 17.7 Å². The summed E-state index contributed by atoms with van der Waals surface area (Å²) in [6.45, 7) is 5.95. The summed E-state index contributed by atoms with van der Waals surface area (Å²) in [6, 6.07) is 11.1. The molecular formula is C23H29N3O4. The third-order valence-corrected chi connectivity index (χ3v) is 4.86. The molecule has 1 heterocycles. The summed E-state index contributed by atoms with van der Waals surface area (Å²) in [6.07, 6.45) is 3.64. The molecule has 1 aromatic carbocycles. The van der Waals surface area contributed by atoms with Crippen molar-refractivity contribution in [3.63, 3.8) is 0 Å². The van der Waals surface area contributed by atoms with Gasteiger partial charge in [0.15, 0.2) is 0 Å². The maximum atomic E-state index is 12.8. The van der Waals surface area contributed by atoms with E-state index in [-0.39, 0.29) is 24.3 Å². The predicted molar refractivity (Wildman–Crippen MR) is 112 cm³/mol. The Labute approximate surface area is 176 Å². The Balaban J connectivity index is 1.65. The minimum atomic E-state index is -0.566. The zero-order chi connectivity index (χ0) is 21.7. The number of carbonyl (C=O) groups excluding carboxylic acids is 3. The van der Waals surface area contributed by atoms with Crippen LogP contribution in [-0.4, -0.2) is 35.2 Å². The minimum Gasteiger partial charge on any atom is -0.467 e. The van der Waals surface area contributed by atoms with Crippen LogP contribution >= 0.6 is 0 Å². The number of carbonyl (C=O) groups is 3. The molecule has 1 fully saturated rings. The first kappa shape index (κ1) is 21.6. The topological polar surface area (TPSA) is 91.7 Å². The van der Waals surface area contributed by atoms with E-state index in [0.29, 0.717) is 30.5 Å². The number of nitrogens with one attached hydrogen (secondary N) is 2. The molecular weight excluding hydrogens is 382 g/mol. The smallest absolute Gasteiger partial charge is 0.251 e. The molecule has 3 amide bonds. The van der Waals surface area contributed by atoms with Crippen LogP contribution in [0.25, 0.3) is 0 Å². The summed E-state index contributed by atoms with van der Waals surface area (Å²) in [7, 11) is 0. The second kappa shape index (κ2) is 9.15. The summed E-state index contributed by atoms with van der Waals surface area (Å²) >= 11 is 0. The molecule has 0 unspecified atom stereocenters. The minimum absolute atomic E-state index is 0.0718. The summed E-state index contributed by atoms with van der Waals surface area (Å²) in [4.78, 5) is 38.7. The molecule has 3 rings (SSSR count). The lowest BCUT2D eigenvalue weighted by molar-refractivity contribution is -0.136. The monoisotopic (exact) mass is 411 g/mol. The highest BCUT2D eigenvalue weighted by Crippen LogP contribution is 2.19. The van der Waals surface area contributed by atoms with Gasteiger partial charge in [-0.25, -0.2) is 0 Å². The Hall–Kier alpha value is -3.09. The van der Waals surface area contributed by atoms with Crippen LogP contribution in [0.15, 0.2) is 47.1 Å². The summed E-state index contributed by atoms with van der Waals surface area (Å²) in [5.74, 6) is 0.197. The van der Waals surface area contributed by atoms with Crippen molar-refractivity contribution in [1.29, 1.82) is 0 Å². The molecule has 1 saturated carbocycles. The zero-order valence-electron chi connectivity index (χ0n) is 17.7. The van der Waals surface area contributed by atoms with Gasteiger partial charge >= 0.3 is 0 Å². The van der Waals surface area contributed by atoms with Crippen molar-refractivity contribution < 1.29 is 18.8 Å². The van der Waals surface area contributed by atoms with Crippen molar-refractivity contribution in [3.8, 4) is 0 Å². The Morgan fingerprint density at radius 3 is 2.33 bits per heavy atom. The van der Waals surface area contributed by atoms with Gasteiger partial charge in [0.05, 0.1) is 19.4 Å². The number of nitrogens with zero attached hydrogens (tertiary/aromatic N) is 1. The van der Waals surface area contributed by atoms with E-state index in [4.69, 9.17) is 4.42 Å². The van der Waals surface area contributed by atoms with E-state index < -0.39 is 5.41 Å². The Morgan fingerprint density at radius 1 is 1.07 bits per heavy atom. The first-order chi connectivity index (χ1) is 14.2. The van der Waals surface area contributed by atoms with E-state index in [1.165, 1.54) is 0 Å². The first-order valence-corrected chi connectivity index (χ1v) is 10.2. The number of rotatable bonds is 8. The third kappa shape index (κ3) is 6.20. The van der Waals surface area contributed by atoms with E-state index in [2.05, 4.69) is 10.6 Å². The Morgan fingerprint density at radius 2 is 1.77 bits per heavy atom. The molecule has 1 aliphatic rings. The van der Waals surface area contributed by atoms with Gasteiger partial charge in [0.2, 0.25) is 11.8 Å². The van der Waals surface area contributed by atoms with Crippen LogP contribution in [-0.2, 0) is 22.7 Å². The van der Waals surface area contributed by atoms with Crippen LogP contribution in [0.3, 0.4) is 0 Å². The van der Waals surface area contributed by atoms with Crippen LogP contribution in [0.5, 0.6) is 0 Å². The Kier molecular flexibility index (Phi) is 6.59. The van der Waals surface area contributed by atoms with Gasteiger partial charge in [-0.2, -0.15) is 0 Å². The molecule has 0 radical (unpaired) electrons. The van der Waals surface area contributed by atoms with Gasteiger partial charge in [-0.1, -0.05) is 32.9 Å². The summed E-state index contributed by atoms with van der Waals surface area (Å²) in [5.41, 5.74) is 0.926. The van der Waals surface area contributed by atoms with Gasteiger partial charge in [0.25, 0.3) is 5.91 Å². The van der Waals surface area contributed by atoms with Gasteiger partial charge in [-0.05, 0) is 42.7 Å². The van der Waals surface area contributed by atoms with Crippen LogP contribution in [0.4, 0.5) is 0 Å². The number of hydrogen-bond donors (Lipinski definition) is 2. The molecule has 30 heavy (non-hydrogen) atoms. The summed E-state index contributed by atoms with van der Waals surface area (Å²) < 4.78 is 5.39. The lowest BCUT2D eigenvalue weighted by Crippen LogP contribution is -2.43. The molecule has 160 valence electrons. The van der Waals surface area contributed by atoms with Crippen LogP contribution in [0.1, 0.15) is 55.3 Å². The van der Waals surface area contributed by atoms with Crippen molar-refractivity contribution in [2.75, 3.05) is 6.54 Å². The second-order valence-corrected chi connectivity index (χ2v) is 8.71. The molecule has 2 aromatic rings. The van der Waals surface area contributed by atoms with Gasteiger partial charge < -0.3 is 20.0 Å². The first-order valence-electron chi connectivity index (χ1n) is 10.2. The fourth-order valence-electron chi connectivity index (χ4n) is 2.83. The average molecular weight is 412 g/mol. The number of hydrogen-bond acceptors (Lipinski definition) is 4. The molecule has 0 bridgehead atoms. The standard InChI is InChI=1S/C23H29N3O4/c1-23(2,3)22(29)24-13-20(27)26(15-19-5-4-12-30-19)14-16-6-8-17(9-7-16)21(28)25-18-10-11-18/h4-9,12,18H,10-11,13-15H2,1-3H3,(H,24,29)(H,25,28). The average Bonchev–Trinajstić information content (AvgIpc) is 3.36. The highest BCUT2D eigenvalue weighted by atomic mass is 16.3. The third-order valence-electron chi connectivity index (χ3n) is 4.86. The molecule has 7 nitrogen and oxygen atoms in total. The normalized spacial score (nSPS) is 13.6. The molecule has 1 aromatic heterocycles. The lowest BCUT2D eigenvalue weighted by atomic mass is 9.96. The summed E-state index contributed by atoms with van der Waals surface area (Å²) in [5, 5.41) is 5.66. The van der Waals surface area contributed by atoms with Crippen LogP contribution in [0.2, 0.25) is 0 Å². The molecule has 0 aliphatic heterocycles. The van der Waals surface area contributed by atoms with Crippen molar-refractivity contribution in [2.24, 2.45) is 5.41 Å². The van der Waals surface area contributed by atoms with E-state index >= 15 is 0 Å². The molecule has 7 heteroatoms. The number of furan rings is 1. The van der Waals surface area contributed by atoms with E-state index in [9.17, 15) is 14.4 Å². The van der Waals surface area contributed by atoms with Crippen LogP contribution in [0, 0.1) is 5.41 Å². The number of benzene rings is 1. The van der Waals surface area contributed by atoms with Gasteiger partial charge in [0.1, 0.15) is 5.76 Å². The van der Waals surface area contributed by atoms with Gasteiger partial charge in [0, 0.05) is 23.6 Å². The van der Waals surface area contributed by atoms with E-state index in [1.807, 2.05) is 12.1 Å². The van der Waals surface area contributed by atoms with E-state index in [0.717, 1.165) is 18.4 Å². The maximum absolute atomic E-state index is 12.8. The molecule has 1 aliphatic carbocycles. The fraction of sp³-hybridized carbons (Fsp3) is 0.435. The molecule has 0 atom stereocenters. The molecule has 0 saturated heterocycles. The SMILES string of the molecule is CC(C)(C)C(=O)NCC(=O)N(Cc1ccc(C(=O)NC2CC2)cc1)Cc1ccco1. The fourth-order valence-corrected chi connectivity index (χ4v) is 2.83. The lowest BCUT2D eigenvalue weighted by Gasteiger charge is -2.24. The highest BCUT2D eigenvalue weighted by molar-refractivity contribution is 5.94. The molecule has 2 N–H and O–H groups in total. The quantitative estimate of drug-likeness (QED) is 0.699. The zero-order valence-corrected chi connectivity index (χ0v) is 17.7. The highest BCUT2D eigenvalue weighted by Gasteiger charge is 2.25. The molecule has 0 spiro atoms. The largest absolute Gasteiger partial charge is 0.467 e. The van der Waals surface area contributed by atoms with Crippen molar-refractivity contribution in [1.82, 2.24) is 15.5 Å². The van der Waals surface area contributed by atoms with E-state index in [1.54, 1.807) is 56.2 Å².